The lowest BCUT2D eigenvalue weighted by atomic mass is 10.3. The molecule has 25 heavy (non-hydrogen) atoms. The molecule has 0 aliphatic carbocycles. The molecule has 1 heterocycles. The van der Waals surface area contributed by atoms with Gasteiger partial charge in [0, 0.05) is 5.69 Å². The number of H-pyrrole nitrogens is 1. The van der Waals surface area contributed by atoms with E-state index in [-0.39, 0.29) is 10.8 Å². The van der Waals surface area contributed by atoms with Gasteiger partial charge >= 0.3 is 0 Å². The Balaban J connectivity index is 1.70. The molecular formula is C16H16N4O3S2. The third-order valence-corrected chi connectivity index (χ3v) is 5.35. The van der Waals surface area contributed by atoms with Crippen molar-refractivity contribution in [2.24, 2.45) is 5.14 Å². The lowest BCUT2D eigenvalue weighted by molar-refractivity contribution is -0.115. The van der Waals surface area contributed by atoms with Crippen molar-refractivity contribution in [1.82, 2.24) is 9.97 Å². The third kappa shape index (κ3) is 4.19. The summed E-state index contributed by atoms with van der Waals surface area (Å²) in [7, 11) is -3.82. The van der Waals surface area contributed by atoms with Gasteiger partial charge in [-0.25, -0.2) is 18.5 Å². The van der Waals surface area contributed by atoms with E-state index in [9.17, 15) is 13.2 Å². The summed E-state index contributed by atoms with van der Waals surface area (Å²) < 4.78 is 22.8. The van der Waals surface area contributed by atoms with Crippen molar-refractivity contribution in [2.75, 3.05) is 5.32 Å². The Hall–Kier alpha value is -2.36. The number of thioether (sulfide) groups is 1. The van der Waals surface area contributed by atoms with Crippen LogP contribution in [0.25, 0.3) is 11.0 Å². The molecule has 0 radical (unpaired) electrons. The van der Waals surface area contributed by atoms with Crippen LogP contribution in [0.15, 0.2) is 58.6 Å². The number of hydrogen-bond acceptors (Lipinski definition) is 5. The Labute approximate surface area is 149 Å². The number of amides is 1. The van der Waals surface area contributed by atoms with Crippen LogP contribution in [0.5, 0.6) is 0 Å². The van der Waals surface area contributed by atoms with Crippen LogP contribution in [-0.4, -0.2) is 29.5 Å². The van der Waals surface area contributed by atoms with Gasteiger partial charge in [-0.05, 0) is 37.3 Å². The molecule has 0 saturated heterocycles. The summed E-state index contributed by atoms with van der Waals surface area (Å²) >= 11 is 1.28. The number of imidazole rings is 1. The van der Waals surface area contributed by atoms with Crippen molar-refractivity contribution in [1.29, 1.82) is 0 Å². The zero-order valence-electron chi connectivity index (χ0n) is 13.3. The first kappa shape index (κ1) is 17.5. The standard InChI is InChI=1S/C16H16N4O3S2/c1-10(24-16-19-13-7-2-3-8-14(13)20-16)15(21)18-11-5-4-6-12(9-11)25(17,22)23/h2-10H,1H3,(H,18,21)(H,19,20)(H2,17,22,23). The summed E-state index contributed by atoms with van der Waals surface area (Å²) in [5.41, 5.74) is 2.10. The number of anilines is 1. The minimum Gasteiger partial charge on any atom is -0.333 e. The van der Waals surface area contributed by atoms with Crippen LogP contribution >= 0.6 is 11.8 Å². The number of aromatic nitrogens is 2. The number of hydrogen-bond donors (Lipinski definition) is 3. The van der Waals surface area contributed by atoms with Gasteiger partial charge in [0.2, 0.25) is 15.9 Å². The number of sulfonamides is 1. The van der Waals surface area contributed by atoms with E-state index in [0.29, 0.717) is 10.8 Å². The molecule has 3 aromatic rings. The van der Waals surface area contributed by atoms with Crippen LogP contribution < -0.4 is 10.5 Å². The van der Waals surface area contributed by atoms with E-state index in [2.05, 4.69) is 15.3 Å². The summed E-state index contributed by atoms with van der Waals surface area (Å²) in [5, 5.41) is 7.99. The number of nitrogens with one attached hydrogen (secondary N) is 2. The topological polar surface area (TPSA) is 118 Å². The van der Waals surface area contributed by atoms with Crippen molar-refractivity contribution >= 4 is 44.4 Å². The van der Waals surface area contributed by atoms with E-state index >= 15 is 0 Å². The van der Waals surface area contributed by atoms with Crippen molar-refractivity contribution in [3.8, 4) is 0 Å². The highest BCUT2D eigenvalue weighted by atomic mass is 32.2. The maximum absolute atomic E-state index is 12.3. The third-order valence-electron chi connectivity index (χ3n) is 3.46. The van der Waals surface area contributed by atoms with Gasteiger partial charge < -0.3 is 10.3 Å². The average molecular weight is 376 g/mol. The largest absolute Gasteiger partial charge is 0.333 e. The Morgan fingerprint density at radius 3 is 2.72 bits per heavy atom. The first-order chi connectivity index (χ1) is 11.8. The van der Waals surface area contributed by atoms with Gasteiger partial charge in [0.15, 0.2) is 5.16 Å². The number of para-hydroxylation sites is 2. The van der Waals surface area contributed by atoms with Crippen LogP contribution in [0.3, 0.4) is 0 Å². The highest BCUT2D eigenvalue weighted by Gasteiger charge is 2.17. The number of carbonyl (C=O) groups is 1. The smallest absolute Gasteiger partial charge is 0.238 e. The van der Waals surface area contributed by atoms with E-state index in [0.717, 1.165) is 11.0 Å². The molecule has 9 heteroatoms. The van der Waals surface area contributed by atoms with Crippen LogP contribution in [0.2, 0.25) is 0 Å². The molecule has 0 bridgehead atoms. The van der Waals surface area contributed by atoms with Crippen LogP contribution in [0.1, 0.15) is 6.92 Å². The quantitative estimate of drug-likeness (QED) is 0.591. The van der Waals surface area contributed by atoms with Crippen LogP contribution in [0, 0.1) is 0 Å². The molecule has 7 nitrogen and oxygen atoms in total. The van der Waals surface area contributed by atoms with Gasteiger partial charge in [0.1, 0.15) is 0 Å². The van der Waals surface area contributed by atoms with E-state index in [1.54, 1.807) is 13.0 Å². The Kier molecular flexibility index (Phi) is 4.80. The molecule has 4 N–H and O–H groups in total. The molecule has 0 aliphatic rings. The molecular weight excluding hydrogens is 360 g/mol. The molecule has 1 atom stereocenters. The molecule has 3 rings (SSSR count). The van der Waals surface area contributed by atoms with Gasteiger partial charge in [-0.15, -0.1) is 0 Å². The number of primary sulfonamides is 1. The normalized spacial score (nSPS) is 12.9. The molecule has 0 spiro atoms. The first-order valence-corrected chi connectivity index (χ1v) is 9.81. The fourth-order valence-electron chi connectivity index (χ4n) is 2.20. The number of rotatable bonds is 5. The second kappa shape index (κ2) is 6.87. The first-order valence-electron chi connectivity index (χ1n) is 7.38. The number of aromatic amines is 1. The predicted octanol–water partition coefficient (Wildman–Crippen LogP) is 2.33. The second-order valence-electron chi connectivity index (χ2n) is 5.38. The van der Waals surface area contributed by atoms with E-state index in [1.807, 2.05) is 24.3 Å². The van der Waals surface area contributed by atoms with Crippen LogP contribution in [-0.2, 0) is 14.8 Å². The molecule has 2 aromatic carbocycles. The lowest BCUT2D eigenvalue weighted by Crippen LogP contribution is -2.22. The number of carbonyl (C=O) groups excluding carboxylic acids is 1. The summed E-state index contributed by atoms with van der Waals surface area (Å²) in [6.45, 7) is 1.75. The summed E-state index contributed by atoms with van der Waals surface area (Å²) in [4.78, 5) is 19.9. The van der Waals surface area contributed by atoms with E-state index in [1.165, 1.54) is 30.0 Å². The minimum absolute atomic E-state index is 0.0529. The van der Waals surface area contributed by atoms with Crippen molar-refractivity contribution in [3.63, 3.8) is 0 Å². The zero-order valence-corrected chi connectivity index (χ0v) is 14.9. The van der Waals surface area contributed by atoms with Crippen molar-refractivity contribution < 1.29 is 13.2 Å². The van der Waals surface area contributed by atoms with Gasteiger partial charge in [-0.1, -0.05) is 30.0 Å². The highest BCUT2D eigenvalue weighted by molar-refractivity contribution is 8.00. The number of benzene rings is 2. The molecule has 0 aliphatic heterocycles. The SMILES string of the molecule is CC(Sc1nc2ccccc2[nH]1)C(=O)Nc1cccc(S(N)(=O)=O)c1. The maximum atomic E-state index is 12.3. The Bertz CT molecular complexity index is 998. The fraction of sp³-hybridized carbons (Fsp3) is 0.125. The fourth-order valence-corrected chi connectivity index (χ4v) is 3.58. The van der Waals surface area contributed by atoms with Crippen LogP contribution in [0.4, 0.5) is 5.69 Å². The molecule has 1 amide bonds. The highest BCUT2D eigenvalue weighted by Crippen LogP contribution is 2.24. The van der Waals surface area contributed by atoms with Crippen molar-refractivity contribution in [3.05, 3.63) is 48.5 Å². The van der Waals surface area contributed by atoms with Gasteiger partial charge in [-0.2, -0.15) is 0 Å². The molecule has 130 valence electrons. The number of nitrogens with zero attached hydrogens (tertiary/aromatic N) is 1. The van der Waals surface area contributed by atoms with Crippen molar-refractivity contribution in [2.45, 2.75) is 22.2 Å². The molecule has 1 aromatic heterocycles. The second-order valence-corrected chi connectivity index (χ2v) is 8.27. The van der Waals surface area contributed by atoms with Gasteiger partial charge in [0.05, 0.1) is 21.2 Å². The maximum Gasteiger partial charge on any atom is 0.238 e. The Morgan fingerprint density at radius 2 is 2.00 bits per heavy atom. The summed E-state index contributed by atoms with van der Waals surface area (Å²) in [6, 6.07) is 13.4. The number of fused-ring (bicyclic) bond motifs is 1. The lowest BCUT2D eigenvalue weighted by Gasteiger charge is -2.11. The molecule has 0 saturated carbocycles. The molecule has 1 unspecified atom stereocenters. The Morgan fingerprint density at radius 1 is 1.24 bits per heavy atom. The zero-order chi connectivity index (χ0) is 18.0. The molecule has 0 fully saturated rings. The van der Waals surface area contributed by atoms with E-state index < -0.39 is 15.3 Å². The summed E-state index contributed by atoms with van der Waals surface area (Å²) in [6.07, 6.45) is 0. The predicted molar refractivity (Wildman–Crippen MR) is 97.9 cm³/mol. The van der Waals surface area contributed by atoms with Gasteiger partial charge in [0.25, 0.3) is 0 Å². The minimum atomic E-state index is -3.82. The van der Waals surface area contributed by atoms with Gasteiger partial charge in [-0.3, -0.25) is 4.79 Å². The van der Waals surface area contributed by atoms with E-state index in [4.69, 9.17) is 5.14 Å². The number of nitrogens with two attached hydrogens (primary N) is 1. The summed E-state index contributed by atoms with van der Waals surface area (Å²) in [5.74, 6) is -0.267. The monoisotopic (exact) mass is 376 g/mol. The average Bonchev–Trinajstić information content (AvgIpc) is 2.96.